The fourth-order valence-electron chi connectivity index (χ4n) is 3.26. The maximum absolute atomic E-state index is 5.84. The highest BCUT2D eigenvalue weighted by atomic mass is 16.5. The van der Waals surface area contributed by atoms with Crippen molar-refractivity contribution in [1.29, 1.82) is 0 Å². The maximum atomic E-state index is 5.84. The van der Waals surface area contributed by atoms with Crippen molar-refractivity contribution in [2.45, 2.75) is 12.5 Å². The maximum Gasteiger partial charge on any atom is 0.145 e. The zero-order valence-corrected chi connectivity index (χ0v) is 12.0. The molecule has 2 unspecified atom stereocenters. The van der Waals surface area contributed by atoms with Crippen LogP contribution in [0.15, 0.2) is 30.5 Å². The molecule has 2 atom stereocenters. The Morgan fingerprint density at radius 2 is 2.25 bits per heavy atom. The third-order valence-electron chi connectivity index (χ3n) is 4.31. The van der Waals surface area contributed by atoms with Gasteiger partial charge >= 0.3 is 0 Å². The highest BCUT2D eigenvalue weighted by molar-refractivity contribution is 5.87. The van der Waals surface area contributed by atoms with Gasteiger partial charge in [0, 0.05) is 24.2 Å². The van der Waals surface area contributed by atoms with Crippen molar-refractivity contribution in [2.24, 2.45) is 11.7 Å². The third-order valence-corrected chi connectivity index (χ3v) is 4.31. The van der Waals surface area contributed by atoms with E-state index < -0.39 is 0 Å². The fraction of sp³-hybridized carbons (Fsp3) is 0.438. The number of hydrogen-bond acceptors (Lipinski definition) is 4. The van der Waals surface area contributed by atoms with Crippen LogP contribution in [-0.4, -0.2) is 37.1 Å². The lowest BCUT2D eigenvalue weighted by Crippen LogP contribution is -2.20. The number of likely N-dealkylation sites (tertiary alicyclic amines) is 1. The molecule has 2 N–H and O–H groups in total. The summed E-state index contributed by atoms with van der Waals surface area (Å²) in [6.45, 7) is 1.82. The van der Waals surface area contributed by atoms with E-state index in [0.717, 1.165) is 30.8 Å². The van der Waals surface area contributed by atoms with Gasteiger partial charge in [-0.3, -0.25) is 9.88 Å². The topological polar surface area (TPSA) is 51.4 Å². The molecule has 1 saturated heterocycles. The van der Waals surface area contributed by atoms with Crippen LogP contribution in [0.4, 0.5) is 0 Å². The second kappa shape index (κ2) is 5.38. The van der Waals surface area contributed by atoms with Crippen molar-refractivity contribution in [3.05, 3.63) is 36.0 Å². The Balaban J connectivity index is 2.09. The first kappa shape index (κ1) is 13.3. The first-order valence-electron chi connectivity index (χ1n) is 7.06. The Morgan fingerprint density at radius 3 is 2.95 bits per heavy atom. The van der Waals surface area contributed by atoms with Gasteiger partial charge in [0.25, 0.3) is 0 Å². The molecule has 0 radical (unpaired) electrons. The molecular weight excluding hydrogens is 250 g/mol. The number of hydrogen-bond donors (Lipinski definition) is 1. The SMILES string of the molecule is COc1ccc(C2CC(CN)CN2C)c2cccnc12. The smallest absolute Gasteiger partial charge is 0.145 e. The van der Waals surface area contributed by atoms with Gasteiger partial charge in [-0.1, -0.05) is 12.1 Å². The lowest BCUT2D eigenvalue weighted by Gasteiger charge is -2.21. The molecule has 0 amide bonds. The van der Waals surface area contributed by atoms with E-state index in [-0.39, 0.29) is 0 Å². The Hall–Kier alpha value is -1.65. The molecule has 20 heavy (non-hydrogen) atoms. The van der Waals surface area contributed by atoms with Crippen LogP contribution in [0.1, 0.15) is 18.0 Å². The molecule has 0 spiro atoms. The molecule has 4 nitrogen and oxygen atoms in total. The molecule has 2 heterocycles. The first-order chi connectivity index (χ1) is 9.74. The Labute approximate surface area is 119 Å². The number of ether oxygens (including phenoxy) is 1. The van der Waals surface area contributed by atoms with E-state index in [4.69, 9.17) is 10.5 Å². The summed E-state index contributed by atoms with van der Waals surface area (Å²) in [5, 5.41) is 1.18. The quantitative estimate of drug-likeness (QED) is 0.929. The molecule has 0 bridgehead atoms. The number of nitrogens with zero attached hydrogens (tertiary/aromatic N) is 2. The predicted octanol–water partition coefficient (Wildman–Crippen LogP) is 2.19. The van der Waals surface area contributed by atoms with Crippen LogP contribution < -0.4 is 10.5 Å². The van der Waals surface area contributed by atoms with Gasteiger partial charge in [0.05, 0.1) is 7.11 Å². The number of pyridine rings is 1. The van der Waals surface area contributed by atoms with Crippen molar-refractivity contribution in [3.8, 4) is 5.75 Å². The van der Waals surface area contributed by atoms with Crippen molar-refractivity contribution < 1.29 is 4.74 Å². The van der Waals surface area contributed by atoms with Crippen LogP contribution in [0.3, 0.4) is 0 Å². The Kier molecular flexibility index (Phi) is 3.59. The van der Waals surface area contributed by atoms with E-state index in [1.165, 1.54) is 10.9 Å². The van der Waals surface area contributed by atoms with Crippen LogP contribution in [0.25, 0.3) is 10.9 Å². The highest BCUT2D eigenvalue weighted by Crippen LogP contribution is 2.38. The van der Waals surface area contributed by atoms with E-state index in [2.05, 4.69) is 29.1 Å². The fourth-order valence-corrected chi connectivity index (χ4v) is 3.26. The molecule has 1 fully saturated rings. The molecule has 106 valence electrons. The minimum Gasteiger partial charge on any atom is -0.494 e. The third kappa shape index (κ3) is 2.15. The number of benzene rings is 1. The molecule has 0 saturated carbocycles. The normalized spacial score (nSPS) is 23.4. The minimum absolute atomic E-state index is 0.418. The molecule has 2 aromatic rings. The lowest BCUT2D eigenvalue weighted by molar-refractivity contribution is 0.315. The van der Waals surface area contributed by atoms with Gasteiger partial charge in [-0.15, -0.1) is 0 Å². The minimum atomic E-state index is 0.418. The number of nitrogens with two attached hydrogens (primary N) is 1. The van der Waals surface area contributed by atoms with Crippen molar-refractivity contribution in [3.63, 3.8) is 0 Å². The monoisotopic (exact) mass is 271 g/mol. The van der Waals surface area contributed by atoms with Gasteiger partial charge in [0.2, 0.25) is 0 Å². The van der Waals surface area contributed by atoms with Crippen LogP contribution >= 0.6 is 0 Å². The van der Waals surface area contributed by atoms with Crippen molar-refractivity contribution in [1.82, 2.24) is 9.88 Å². The van der Waals surface area contributed by atoms with Gasteiger partial charge in [0.1, 0.15) is 11.3 Å². The molecule has 1 aromatic heterocycles. The van der Waals surface area contributed by atoms with Crippen LogP contribution in [0, 0.1) is 5.92 Å². The molecule has 4 heteroatoms. The second-order valence-corrected chi connectivity index (χ2v) is 5.55. The molecule has 0 aliphatic carbocycles. The Bertz CT molecular complexity index is 614. The van der Waals surface area contributed by atoms with E-state index in [1.54, 1.807) is 7.11 Å². The standard InChI is InChI=1S/C16H21N3O/c1-19-10-11(9-17)8-14(19)12-5-6-15(20-2)16-13(12)4-3-7-18-16/h3-7,11,14H,8-10,17H2,1-2H3. The highest BCUT2D eigenvalue weighted by Gasteiger charge is 2.31. The van der Waals surface area contributed by atoms with Gasteiger partial charge in [-0.05, 0) is 43.6 Å². The lowest BCUT2D eigenvalue weighted by atomic mass is 9.96. The average Bonchev–Trinajstić information content (AvgIpc) is 2.87. The first-order valence-corrected chi connectivity index (χ1v) is 7.06. The van der Waals surface area contributed by atoms with E-state index in [9.17, 15) is 0 Å². The zero-order chi connectivity index (χ0) is 14.1. The van der Waals surface area contributed by atoms with E-state index in [1.807, 2.05) is 18.3 Å². The van der Waals surface area contributed by atoms with Crippen LogP contribution in [0.2, 0.25) is 0 Å². The van der Waals surface area contributed by atoms with Gasteiger partial charge < -0.3 is 10.5 Å². The van der Waals surface area contributed by atoms with E-state index in [0.29, 0.717) is 12.0 Å². The van der Waals surface area contributed by atoms with Crippen molar-refractivity contribution >= 4 is 10.9 Å². The van der Waals surface area contributed by atoms with Crippen molar-refractivity contribution in [2.75, 3.05) is 27.2 Å². The van der Waals surface area contributed by atoms with Gasteiger partial charge in [0.15, 0.2) is 0 Å². The largest absolute Gasteiger partial charge is 0.494 e. The summed E-state index contributed by atoms with van der Waals surface area (Å²) in [4.78, 5) is 6.87. The summed E-state index contributed by atoms with van der Waals surface area (Å²) in [5.41, 5.74) is 8.10. The predicted molar refractivity (Wildman–Crippen MR) is 80.8 cm³/mol. The summed E-state index contributed by atoms with van der Waals surface area (Å²) in [6.07, 6.45) is 2.93. The molecule has 3 rings (SSSR count). The molecule has 1 aliphatic rings. The van der Waals surface area contributed by atoms with E-state index >= 15 is 0 Å². The van der Waals surface area contributed by atoms with Gasteiger partial charge in [-0.2, -0.15) is 0 Å². The number of rotatable bonds is 3. The van der Waals surface area contributed by atoms with Gasteiger partial charge in [-0.25, -0.2) is 0 Å². The molecule has 1 aliphatic heterocycles. The zero-order valence-electron chi connectivity index (χ0n) is 12.0. The summed E-state index contributed by atoms with van der Waals surface area (Å²) in [5.74, 6) is 1.42. The molecular formula is C16H21N3O. The second-order valence-electron chi connectivity index (χ2n) is 5.55. The van der Waals surface area contributed by atoms with Crippen LogP contribution in [0.5, 0.6) is 5.75 Å². The summed E-state index contributed by atoms with van der Waals surface area (Å²) in [7, 11) is 3.86. The Morgan fingerprint density at radius 1 is 1.40 bits per heavy atom. The number of fused-ring (bicyclic) bond motifs is 1. The van der Waals surface area contributed by atoms with Crippen LogP contribution in [-0.2, 0) is 0 Å². The average molecular weight is 271 g/mol. The summed E-state index contributed by atoms with van der Waals surface area (Å²) < 4.78 is 5.42. The number of aromatic nitrogens is 1. The summed E-state index contributed by atoms with van der Waals surface area (Å²) in [6, 6.07) is 8.72. The summed E-state index contributed by atoms with van der Waals surface area (Å²) >= 11 is 0. The number of methoxy groups -OCH3 is 1. The molecule has 1 aromatic carbocycles.